The Bertz CT molecular complexity index is 877. The van der Waals surface area contributed by atoms with Gasteiger partial charge in [0.2, 0.25) is 0 Å². The van der Waals surface area contributed by atoms with E-state index < -0.39 is 0 Å². The van der Waals surface area contributed by atoms with Crippen LogP contribution in [0, 0.1) is 11.3 Å². The normalized spacial score (nSPS) is 10.1. The van der Waals surface area contributed by atoms with E-state index in [2.05, 4.69) is 16.0 Å². The van der Waals surface area contributed by atoms with Gasteiger partial charge in [0.25, 0.3) is 5.56 Å². The Hall–Kier alpha value is -3.26. The van der Waals surface area contributed by atoms with E-state index in [1.807, 2.05) is 18.2 Å². The van der Waals surface area contributed by atoms with E-state index >= 15 is 0 Å². The van der Waals surface area contributed by atoms with E-state index in [1.54, 1.807) is 35.0 Å². The molecule has 0 amide bonds. The van der Waals surface area contributed by atoms with Gasteiger partial charge in [0.05, 0.1) is 23.9 Å². The fourth-order valence-corrected chi connectivity index (χ4v) is 2.17. The third-order valence-corrected chi connectivity index (χ3v) is 3.25. The first-order valence-electron chi connectivity index (χ1n) is 6.74. The van der Waals surface area contributed by atoms with Gasteiger partial charge >= 0.3 is 0 Å². The molecule has 0 bridgehead atoms. The Morgan fingerprint density at radius 2 is 1.82 bits per heavy atom. The first-order chi connectivity index (χ1) is 10.8. The van der Waals surface area contributed by atoms with Gasteiger partial charge in [0, 0.05) is 24.0 Å². The lowest BCUT2D eigenvalue weighted by atomic mass is 10.1. The number of hydrogen-bond acceptors (Lipinski definition) is 4. The number of hydrogen-bond donors (Lipinski definition) is 0. The minimum absolute atomic E-state index is 0.139. The molecule has 0 radical (unpaired) electrons. The van der Waals surface area contributed by atoms with Crippen LogP contribution < -0.4 is 5.56 Å². The van der Waals surface area contributed by atoms with Crippen molar-refractivity contribution >= 4 is 0 Å². The van der Waals surface area contributed by atoms with E-state index in [9.17, 15) is 4.79 Å². The summed E-state index contributed by atoms with van der Waals surface area (Å²) in [5.74, 6) is 0.558. The third-order valence-electron chi connectivity index (χ3n) is 3.25. The number of nitrogens with zero attached hydrogens (tertiary/aromatic N) is 4. The predicted octanol–water partition coefficient (Wildman–Crippen LogP) is 2.23. The molecule has 22 heavy (non-hydrogen) atoms. The fourth-order valence-electron chi connectivity index (χ4n) is 2.17. The molecule has 3 rings (SSSR count). The molecule has 106 valence electrons. The van der Waals surface area contributed by atoms with Crippen LogP contribution in [-0.2, 0) is 6.54 Å². The van der Waals surface area contributed by atoms with Crippen molar-refractivity contribution in [2.45, 2.75) is 6.54 Å². The zero-order chi connectivity index (χ0) is 15.4. The first kappa shape index (κ1) is 13.7. The molecular formula is C17H12N4O. The van der Waals surface area contributed by atoms with Crippen LogP contribution in [0.3, 0.4) is 0 Å². The highest BCUT2D eigenvalue weighted by Crippen LogP contribution is 2.16. The summed E-state index contributed by atoms with van der Waals surface area (Å²) < 4.78 is 1.57. The van der Waals surface area contributed by atoms with Crippen molar-refractivity contribution in [3.63, 3.8) is 0 Å². The van der Waals surface area contributed by atoms with Crippen molar-refractivity contribution in [2.75, 3.05) is 0 Å². The van der Waals surface area contributed by atoms with E-state index in [4.69, 9.17) is 5.26 Å². The summed E-state index contributed by atoms with van der Waals surface area (Å²) in [4.78, 5) is 20.7. The molecule has 5 heteroatoms. The Labute approximate surface area is 127 Å². The topological polar surface area (TPSA) is 71.6 Å². The molecule has 0 aliphatic rings. The van der Waals surface area contributed by atoms with Crippen LogP contribution in [0.2, 0.25) is 0 Å². The number of pyridine rings is 1. The minimum atomic E-state index is -0.139. The Kier molecular flexibility index (Phi) is 3.75. The molecule has 0 aliphatic heterocycles. The molecule has 5 nitrogen and oxygen atoms in total. The molecule has 2 heterocycles. The molecule has 0 spiro atoms. The highest BCUT2D eigenvalue weighted by Gasteiger charge is 2.09. The van der Waals surface area contributed by atoms with E-state index in [0.717, 1.165) is 11.3 Å². The summed E-state index contributed by atoms with van der Waals surface area (Å²) in [5, 5.41) is 8.86. The lowest BCUT2D eigenvalue weighted by molar-refractivity contribution is 0.729. The summed E-state index contributed by atoms with van der Waals surface area (Å²) in [6.45, 7) is 0.350. The quantitative estimate of drug-likeness (QED) is 0.741. The average molecular weight is 288 g/mol. The highest BCUT2D eigenvalue weighted by atomic mass is 16.1. The van der Waals surface area contributed by atoms with Crippen molar-refractivity contribution in [1.29, 1.82) is 5.26 Å². The molecule has 2 aromatic heterocycles. The number of rotatable bonds is 3. The molecule has 0 saturated heterocycles. The zero-order valence-corrected chi connectivity index (χ0v) is 11.7. The Morgan fingerprint density at radius 3 is 2.50 bits per heavy atom. The van der Waals surface area contributed by atoms with Gasteiger partial charge in [-0.2, -0.15) is 5.26 Å². The van der Waals surface area contributed by atoms with E-state index in [-0.39, 0.29) is 5.56 Å². The van der Waals surface area contributed by atoms with Crippen LogP contribution in [0.5, 0.6) is 0 Å². The summed E-state index contributed by atoms with van der Waals surface area (Å²) in [6.07, 6.45) is 3.18. The maximum absolute atomic E-state index is 12.2. The van der Waals surface area contributed by atoms with Gasteiger partial charge in [-0.05, 0) is 36.4 Å². The second-order valence-electron chi connectivity index (χ2n) is 4.70. The summed E-state index contributed by atoms with van der Waals surface area (Å²) in [6, 6.07) is 16.1. The average Bonchev–Trinajstić information content (AvgIpc) is 2.58. The minimum Gasteiger partial charge on any atom is -0.287 e. The van der Waals surface area contributed by atoms with Crippen LogP contribution in [0.15, 0.2) is 65.7 Å². The van der Waals surface area contributed by atoms with Gasteiger partial charge in [0.1, 0.15) is 5.82 Å². The second kappa shape index (κ2) is 6.02. The van der Waals surface area contributed by atoms with Crippen LogP contribution in [-0.4, -0.2) is 14.5 Å². The lowest BCUT2D eigenvalue weighted by Crippen LogP contribution is -2.22. The molecule has 1 aromatic carbocycles. The van der Waals surface area contributed by atoms with Gasteiger partial charge in [-0.3, -0.25) is 14.3 Å². The molecular weight excluding hydrogens is 276 g/mol. The first-order valence-corrected chi connectivity index (χ1v) is 6.74. The van der Waals surface area contributed by atoms with E-state index in [1.165, 1.54) is 12.3 Å². The standard InChI is InChI=1S/C17H12N4O/c18-11-13-4-6-14(7-5-13)17-20-10-8-16(22)21(17)12-15-3-1-2-9-19-15/h1-10H,12H2. The molecule has 0 unspecified atom stereocenters. The number of benzene rings is 1. The molecule has 0 saturated carbocycles. The SMILES string of the molecule is N#Cc1ccc(-c2nccc(=O)n2Cc2ccccn2)cc1. The maximum atomic E-state index is 12.2. The van der Waals surface area contributed by atoms with Crippen molar-refractivity contribution < 1.29 is 0 Å². The monoisotopic (exact) mass is 288 g/mol. The largest absolute Gasteiger partial charge is 0.287 e. The molecule has 0 fully saturated rings. The fraction of sp³-hybridized carbons (Fsp3) is 0.0588. The molecule has 0 atom stereocenters. The number of nitriles is 1. The van der Waals surface area contributed by atoms with Gasteiger partial charge in [-0.1, -0.05) is 6.07 Å². The van der Waals surface area contributed by atoms with Gasteiger partial charge < -0.3 is 0 Å². The predicted molar refractivity (Wildman–Crippen MR) is 82.0 cm³/mol. The third kappa shape index (κ3) is 2.76. The summed E-state index contributed by atoms with van der Waals surface area (Å²) >= 11 is 0. The molecule has 0 N–H and O–H groups in total. The second-order valence-corrected chi connectivity index (χ2v) is 4.70. The number of aromatic nitrogens is 3. The lowest BCUT2D eigenvalue weighted by Gasteiger charge is -2.11. The Balaban J connectivity index is 2.06. The van der Waals surface area contributed by atoms with Crippen molar-refractivity contribution in [3.05, 3.63) is 82.5 Å². The highest BCUT2D eigenvalue weighted by molar-refractivity contribution is 5.56. The molecule has 0 aliphatic carbocycles. The van der Waals surface area contributed by atoms with Gasteiger partial charge in [-0.15, -0.1) is 0 Å². The summed E-state index contributed by atoms with van der Waals surface area (Å²) in [7, 11) is 0. The Morgan fingerprint density at radius 1 is 1.00 bits per heavy atom. The van der Waals surface area contributed by atoms with Crippen LogP contribution >= 0.6 is 0 Å². The van der Waals surface area contributed by atoms with Crippen molar-refractivity contribution in [2.24, 2.45) is 0 Å². The van der Waals surface area contributed by atoms with E-state index in [0.29, 0.717) is 17.9 Å². The molecule has 3 aromatic rings. The maximum Gasteiger partial charge on any atom is 0.254 e. The zero-order valence-electron chi connectivity index (χ0n) is 11.7. The van der Waals surface area contributed by atoms with Crippen molar-refractivity contribution in [1.82, 2.24) is 14.5 Å². The van der Waals surface area contributed by atoms with Crippen LogP contribution in [0.25, 0.3) is 11.4 Å². The van der Waals surface area contributed by atoms with Gasteiger partial charge in [0.15, 0.2) is 0 Å². The summed E-state index contributed by atoms with van der Waals surface area (Å²) in [5.41, 5.74) is 2.00. The van der Waals surface area contributed by atoms with Gasteiger partial charge in [-0.25, -0.2) is 4.98 Å². The smallest absolute Gasteiger partial charge is 0.254 e. The van der Waals surface area contributed by atoms with Crippen LogP contribution in [0.1, 0.15) is 11.3 Å². The van der Waals surface area contributed by atoms with Crippen molar-refractivity contribution in [3.8, 4) is 17.5 Å². The van der Waals surface area contributed by atoms with Crippen LogP contribution in [0.4, 0.5) is 0 Å².